The van der Waals surface area contributed by atoms with Crippen LogP contribution in [0.15, 0.2) is 0 Å². The third-order valence-electron chi connectivity index (χ3n) is 3.19. The highest BCUT2D eigenvalue weighted by Gasteiger charge is 2.16. The first-order valence-corrected chi connectivity index (χ1v) is 6.60. The van der Waals surface area contributed by atoms with Crippen LogP contribution in [-0.2, 0) is 9.53 Å². The number of terminal acetylenes is 1. The molecule has 2 atom stereocenters. The van der Waals surface area contributed by atoms with Crippen molar-refractivity contribution in [1.29, 1.82) is 0 Å². The van der Waals surface area contributed by atoms with E-state index in [4.69, 9.17) is 11.2 Å². The van der Waals surface area contributed by atoms with Gasteiger partial charge in [0.15, 0.2) is 0 Å². The molecule has 0 bridgehead atoms. The molecule has 1 aliphatic rings. The molecule has 3 nitrogen and oxygen atoms in total. The fraction of sp³-hybridized carbons (Fsp3) is 0.786. The molecule has 1 aliphatic heterocycles. The maximum absolute atomic E-state index is 11.7. The van der Waals surface area contributed by atoms with Crippen molar-refractivity contribution in [2.45, 2.75) is 64.0 Å². The van der Waals surface area contributed by atoms with Crippen molar-refractivity contribution in [3.05, 3.63) is 0 Å². The lowest BCUT2D eigenvalue weighted by Gasteiger charge is -2.22. The Hall–Kier alpha value is -1.01. The minimum atomic E-state index is 0.0984. The Morgan fingerprint density at radius 2 is 2.41 bits per heavy atom. The average Bonchev–Trinajstić information content (AvgIpc) is 2.37. The van der Waals surface area contributed by atoms with Gasteiger partial charge in [-0.15, -0.1) is 12.3 Å². The van der Waals surface area contributed by atoms with Crippen molar-refractivity contribution in [3.8, 4) is 12.3 Å². The highest BCUT2D eigenvalue weighted by Crippen LogP contribution is 2.16. The molecular weight excluding hydrogens is 214 g/mol. The Balaban J connectivity index is 2.17. The zero-order chi connectivity index (χ0) is 12.5. The smallest absolute Gasteiger partial charge is 0.220 e. The van der Waals surface area contributed by atoms with Gasteiger partial charge in [0.05, 0.1) is 6.10 Å². The molecule has 0 aromatic heterocycles. The van der Waals surface area contributed by atoms with Crippen molar-refractivity contribution < 1.29 is 9.53 Å². The highest BCUT2D eigenvalue weighted by atomic mass is 16.5. The van der Waals surface area contributed by atoms with E-state index in [1.807, 2.05) is 6.92 Å². The summed E-state index contributed by atoms with van der Waals surface area (Å²) < 4.78 is 5.59. The fourth-order valence-corrected chi connectivity index (χ4v) is 2.07. The van der Waals surface area contributed by atoms with Gasteiger partial charge in [-0.25, -0.2) is 0 Å². The summed E-state index contributed by atoms with van der Waals surface area (Å²) in [6.07, 6.45) is 11.9. The Labute approximate surface area is 104 Å². The molecule has 1 N–H and O–H groups in total. The van der Waals surface area contributed by atoms with E-state index in [2.05, 4.69) is 11.2 Å². The van der Waals surface area contributed by atoms with E-state index >= 15 is 0 Å². The van der Waals surface area contributed by atoms with Crippen molar-refractivity contribution in [2.75, 3.05) is 6.61 Å². The minimum absolute atomic E-state index is 0.0984. The van der Waals surface area contributed by atoms with Crippen LogP contribution in [0.3, 0.4) is 0 Å². The van der Waals surface area contributed by atoms with Crippen molar-refractivity contribution in [1.82, 2.24) is 5.32 Å². The fourth-order valence-electron chi connectivity index (χ4n) is 2.07. The largest absolute Gasteiger partial charge is 0.378 e. The number of rotatable bonds is 6. The van der Waals surface area contributed by atoms with E-state index in [-0.39, 0.29) is 18.1 Å². The topological polar surface area (TPSA) is 38.3 Å². The second-order valence-electron chi connectivity index (χ2n) is 4.61. The van der Waals surface area contributed by atoms with Crippen molar-refractivity contribution in [2.24, 2.45) is 0 Å². The van der Waals surface area contributed by atoms with Crippen molar-refractivity contribution in [3.63, 3.8) is 0 Å². The van der Waals surface area contributed by atoms with Gasteiger partial charge in [0.2, 0.25) is 5.91 Å². The Kier molecular flexibility index (Phi) is 6.73. The molecule has 1 amide bonds. The van der Waals surface area contributed by atoms with E-state index in [0.717, 1.165) is 32.3 Å². The number of carbonyl (C=O) groups excluding carboxylic acids is 1. The Morgan fingerprint density at radius 3 is 3.00 bits per heavy atom. The molecule has 1 fully saturated rings. The van der Waals surface area contributed by atoms with Gasteiger partial charge in [-0.1, -0.05) is 6.92 Å². The van der Waals surface area contributed by atoms with Crippen LogP contribution in [0.4, 0.5) is 0 Å². The molecular formula is C14H23NO2. The van der Waals surface area contributed by atoms with Gasteiger partial charge in [0.25, 0.3) is 0 Å². The normalized spacial score (nSPS) is 21.5. The zero-order valence-electron chi connectivity index (χ0n) is 10.7. The molecule has 96 valence electrons. The van der Waals surface area contributed by atoms with E-state index in [0.29, 0.717) is 12.8 Å². The molecule has 0 saturated carbocycles. The van der Waals surface area contributed by atoms with Crippen LogP contribution in [0.25, 0.3) is 0 Å². The summed E-state index contributed by atoms with van der Waals surface area (Å²) in [4.78, 5) is 11.7. The second kappa shape index (κ2) is 8.14. The van der Waals surface area contributed by atoms with E-state index in [9.17, 15) is 4.79 Å². The Bertz CT molecular complexity index is 264. The van der Waals surface area contributed by atoms with Crippen LogP contribution in [0.5, 0.6) is 0 Å². The lowest BCUT2D eigenvalue weighted by molar-refractivity contribution is -0.122. The van der Waals surface area contributed by atoms with E-state index in [1.165, 1.54) is 6.42 Å². The third-order valence-corrected chi connectivity index (χ3v) is 3.19. The zero-order valence-corrected chi connectivity index (χ0v) is 10.7. The second-order valence-corrected chi connectivity index (χ2v) is 4.61. The summed E-state index contributed by atoms with van der Waals surface area (Å²) in [6, 6.07) is 0.125. The lowest BCUT2D eigenvalue weighted by atomic mass is 10.0. The predicted octanol–water partition coefficient (Wildman–Crippen LogP) is 2.25. The molecule has 0 radical (unpaired) electrons. The molecule has 1 heterocycles. The third kappa shape index (κ3) is 5.74. The van der Waals surface area contributed by atoms with Crippen LogP contribution in [0.1, 0.15) is 51.9 Å². The standard InChI is InChI=1S/C14H23NO2/c1-3-7-12(4-2)15-14(16)10-9-13-8-5-6-11-17-13/h1,12-13H,4-11H2,2H3,(H,15,16). The number of amides is 1. The molecule has 0 aromatic rings. The van der Waals surface area contributed by atoms with Crippen LogP contribution in [0, 0.1) is 12.3 Å². The summed E-state index contributed by atoms with van der Waals surface area (Å²) in [7, 11) is 0. The van der Waals surface area contributed by atoms with Gasteiger partial charge in [-0.05, 0) is 32.1 Å². The molecule has 1 rings (SSSR count). The van der Waals surface area contributed by atoms with Gasteiger partial charge in [-0.2, -0.15) is 0 Å². The summed E-state index contributed by atoms with van der Waals surface area (Å²) in [6.45, 7) is 2.88. The summed E-state index contributed by atoms with van der Waals surface area (Å²) in [5, 5.41) is 2.97. The molecule has 0 spiro atoms. The van der Waals surface area contributed by atoms with Gasteiger partial charge < -0.3 is 10.1 Å². The average molecular weight is 237 g/mol. The maximum Gasteiger partial charge on any atom is 0.220 e. The molecule has 0 aromatic carbocycles. The van der Waals surface area contributed by atoms with Gasteiger partial charge >= 0.3 is 0 Å². The number of hydrogen-bond donors (Lipinski definition) is 1. The van der Waals surface area contributed by atoms with E-state index < -0.39 is 0 Å². The number of nitrogens with one attached hydrogen (secondary N) is 1. The number of carbonyl (C=O) groups is 1. The monoisotopic (exact) mass is 237 g/mol. The van der Waals surface area contributed by atoms with Crippen LogP contribution < -0.4 is 5.32 Å². The summed E-state index contributed by atoms with van der Waals surface area (Å²) in [5.74, 6) is 2.69. The predicted molar refractivity (Wildman–Crippen MR) is 68.5 cm³/mol. The summed E-state index contributed by atoms with van der Waals surface area (Å²) >= 11 is 0. The highest BCUT2D eigenvalue weighted by molar-refractivity contribution is 5.76. The maximum atomic E-state index is 11.7. The minimum Gasteiger partial charge on any atom is -0.378 e. The number of hydrogen-bond acceptors (Lipinski definition) is 2. The molecule has 17 heavy (non-hydrogen) atoms. The quantitative estimate of drug-likeness (QED) is 0.720. The van der Waals surface area contributed by atoms with Crippen LogP contribution >= 0.6 is 0 Å². The van der Waals surface area contributed by atoms with Gasteiger partial charge in [0, 0.05) is 25.5 Å². The van der Waals surface area contributed by atoms with E-state index in [1.54, 1.807) is 0 Å². The molecule has 2 unspecified atom stereocenters. The Morgan fingerprint density at radius 1 is 1.59 bits per heavy atom. The van der Waals surface area contributed by atoms with Crippen LogP contribution in [-0.4, -0.2) is 24.7 Å². The molecule has 0 aliphatic carbocycles. The van der Waals surface area contributed by atoms with Crippen LogP contribution in [0.2, 0.25) is 0 Å². The first kappa shape index (κ1) is 14.1. The van der Waals surface area contributed by atoms with Gasteiger partial charge in [-0.3, -0.25) is 4.79 Å². The van der Waals surface area contributed by atoms with Crippen molar-refractivity contribution >= 4 is 5.91 Å². The first-order valence-electron chi connectivity index (χ1n) is 6.60. The SMILES string of the molecule is C#CCC(CC)NC(=O)CCC1CCCCO1. The first-order chi connectivity index (χ1) is 8.26. The summed E-state index contributed by atoms with van der Waals surface area (Å²) in [5.41, 5.74) is 0. The lowest BCUT2D eigenvalue weighted by Crippen LogP contribution is -2.34. The number of ether oxygens (including phenoxy) is 1. The van der Waals surface area contributed by atoms with Gasteiger partial charge in [0.1, 0.15) is 0 Å². The molecule has 3 heteroatoms. The molecule has 1 saturated heterocycles.